The van der Waals surface area contributed by atoms with Crippen molar-refractivity contribution in [3.05, 3.63) is 101 Å². The number of hydrogen-bond donors (Lipinski definition) is 2. The molecule has 1 saturated heterocycles. The molecule has 1 fully saturated rings. The molecule has 1 unspecified atom stereocenters. The smallest absolute Gasteiger partial charge is 0.252 e. The van der Waals surface area contributed by atoms with E-state index in [4.69, 9.17) is 0 Å². The fourth-order valence-corrected chi connectivity index (χ4v) is 4.91. The highest BCUT2D eigenvalue weighted by atomic mass is 19.1. The Morgan fingerprint density at radius 3 is 2.22 bits per heavy atom. The summed E-state index contributed by atoms with van der Waals surface area (Å²) < 4.78 is 14.1. The lowest BCUT2D eigenvalue weighted by Crippen LogP contribution is -2.52. The second-order valence-corrected chi connectivity index (χ2v) is 9.44. The van der Waals surface area contributed by atoms with Crippen LogP contribution >= 0.6 is 0 Å². The van der Waals surface area contributed by atoms with E-state index in [1.165, 1.54) is 23.3 Å². The Morgan fingerprint density at radius 2 is 1.62 bits per heavy atom. The number of anilines is 1. The maximum atomic E-state index is 14.1. The number of nitrogens with zero attached hydrogens (tertiary/aromatic N) is 3. The molecule has 2 amide bonds. The lowest BCUT2D eigenvalue weighted by atomic mass is 9.96. The quantitative estimate of drug-likeness (QED) is 0.542. The molecule has 0 bridgehead atoms. The van der Waals surface area contributed by atoms with Gasteiger partial charge in [-0.3, -0.25) is 19.8 Å². The summed E-state index contributed by atoms with van der Waals surface area (Å²) in [6.45, 7) is 4.76. The number of aryl methyl sites for hydroxylation is 1. The molecule has 2 aliphatic rings. The molecular formula is C29H30FN5O2. The number of carbonyl (C=O) groups is 2. The van der Waals surface area contributed by atoms with Gasteiger partial charge in [-0.05, 0) is 35.7 Å². The van der Waals surface area contributed by atoms with E-state index >= 15 is 0 Å². The highest BCUT2D eigenvalue weighted by Crippen LogP contribution is 2.29. The molecule has 0 saturated carbocycles. The summed E-state index contributed by atoms with van der Waals surface area (Å²) in [5.74, 6) is -0.773. The third-order valence-electron chi connectivity index (χ3n) is 6.80. The van der Waals surface area contributed by atoms with Gasteiger partial charge in [0.1, 0.15) is 11.9 Å². The molecule has 37 heavy (non-hydrogen) atoms. The summed E-state index contributed by atoms with van der Waals surface area (Å²) in [6, 6.07) is 24.8. The minimum Gasteiger partial charge on any atom is -0.340 e. The highest BCUT2D eigenvalue weighted by Gasteiger charge is 2.34. The molecular weight excluding hydrogens is 469 g/mol. The fourth-order valence-electron chi connectivity index (χ4n) is 4.91. The first-order valence-electron chi connectivity index (χ1n) is 12.5. The monoisotopic (exact) mass is 499 g/mol. The van der Waals surface area contributed by atoms with Gasteiger partial charge in [-0.15, -0.1) is 0 Å². The molecule has 3 aromatic carbocycles. The third kappa shape index (κ3) is 5.70. The van der Waals surface area contributed by atoms with E-state index in [9.17, 15) is 14.0 Å². The van der Waals surface area contributed by atoms with Crippen molar-refractivity contribution in [2.24, 2.45) is 4.99 Å². The van der Waals surface area contributed by atoms with Crippen LogP contribution in [0, 0.1) is 12.7 Å². The Kier molecular flexibility index (Phi) is 7.28. The van der Waals surface area contributed by atoms with Crippen molar-refractivity contribution in [1.29, 1.82) is 0 Å². The number of piperazine rings is 1. The molecule has 5 rings (SSSR count). The number of benzene rings is 3. The number of nitrogens with one attached hydrogen (secondary N) is 2. The summed E-state index contributed by atoms with van der Waals surface area (Å²) in [6.07, 6.45) is -0.146. The van der Waals surface area contributed by atoms with Crippen molar-refractivity contribution in [3.63, 3.8) is 0 Å². The van der Waals surface area contributed by atoms with Crippen molar-refractivity contribution in [1.82, 2.24) is 15.1 Å². The number of halogens is 1. The fraction of sp³-hybridized carbons (Fsp3) is 0.276. The van der Waals surface area contributed by atoms with E-state index in [1.807, 2.05) is 12.1 Å². The van der Waals surface area contributed by atoms with E-state index < -0.39 is 17.8 Å². The first-order chi connectivity index (χ1) is 18.0. The Hall–Kier alpha value is -4.04. The van der Waals surface area contributed by atoms with Crippen molar-refractivity contribution in [3.8, 4) is 0 Å². The summed E-state index contributed by atoms with van der Waals surface area (Å²) in [5.41, 5.74) is 3.34. The van der Waals surface area contributed by atoms with Gasteiger partial charge >= 0.3 is 0 Å². The Labute approximate surface area is 216 Å². The maximum Gasteiger partial charge on any atom is 0.252 e. The number of amides is 2. The SMILES string of the molecule is Cc1ccc(NC(=O)CC2N=C(N3CCN(C(c4ccccc4)c4ccccc4)CC3)NC2=O)c(F)c1. The second kappa shape index (κ2) is 10.9. The molecule has 0 aliphatic carbocycles. The summed E-state index contributed by atoms with van der Waals surface area (Å²) in [5, 5.41) is 5.38. The predicted molar refractivity (Wildman–Crippen MR) is 142 cm³/mol. The van der Waals surface area contributed by atoms with Crippen molar-refractivity contribution in [2.75, 3.05) is 31.5 Å². The van der Waals surface area contributed by atoms with Gasteiger partial charge in [0, 0.05) is 26.2 Å². The molecule has 7 nitrogen and oxygen atoms in total. The van der Waals surface area contributed by atoms with E-state index in [2.05, 4.69) is 74.0 Å². The van der Waals surface area contributed by atoms with Crippen LogP contribution in [0.1, 0.15) is 29.2 Å². The molecule has 2 aliphatic heterocycles. The lowest BCUT2D eigenvalue weighted by Gasteiger charge is -2.40. The van der Waals surface area contributed by atoms with Crippen LogP contribution in [-0.2, 0) is 9.59 Å². The second-order valence-electron chi connectivity index (χ2n) is 9.44. The highest BCUT2D eigenvalue weighted by molar-refractivity contribution is 6.07. The van der Waals surface area contributed by atoms with Crippen LogP contribution in [0.4, 0.5) is 10.1 Å². The van der Waals surface area contributed by atoms with Crippen LogP contribution in [0.5, 0.6) is 0 Å². The van der Waals surface area contributed by atoms with Crippen molar-refractivity contribution < 1.29 is 14.0 Å². The summed E-state index contributed by atoms with van der Waals surface area (Å²) in [4.78, 5) is 34.0. The Bertz CT molecular complexity index is 1250. The topological polar surface area (TPSA) is 77.0 Å². The molecule has 190 valence electrons. The lowest BCUT2D eigenvalue weighted by molar-refractivity contribution is -0.124. The van der Waals surface area contributed by atoms with Gasteiger partial charge < -0.3 is 10.2 Å². The number of rotatable bonds is 6. The van der Waals surface area contributed by atoms with Gasteiger partial charge in [-0.25, -0.2) is 9.38 Å². The third-order valence-corrected chi connectivity index (χ3v) is 6.80. The van der Waals surface area contributed by atoms with E-state index in [-0.39, 0.29) is 24.1 Å². The number of guanidine groups is 1. The maximum absolute atomic E-state index is 14.1. The molecule has 0 radical (unpaired) electrons. The molecule has 3 aromatic rings. The van der Waals surface area contributed by atoms with E-state index in [1.54, 1.807) is 13.0 Å². The van der Waals surface area contributed by atoms with E-state index in [0.29, 0.717) is 19.0 Å². The normalized spacial score (nSPS) is 18.0. The van der Waals surface area contributed by atoms with Gasteiger partial charge in [-0.1, -0.05) is 66.7 Å². The zero-order valence-corrected chi connectivity index (χ0v) is 20.7. The molecule has 0 aromatic heterocycles. The summed E-state index contributed by atoms with van der Waals surface area (Å²) in [7, 11) is 0. The molecule has 0 spiro atoms. The molecule has 2 N–H and O–H groups in total. The zero-order valence-electron chi connectivity index (χ0n) is 20.7. The molecule has 8 heteroatoms. The van der Waals surface area contributed by atoms with Crippen molar-refractivity contribution >= 4 is 23.5 Å². The first kappa shape index (κ1) is 24.6. The average molecular weight is 500 g/mol. The Balaban J connectivity index is 1.22. The van der Waals surface area contributed by atoms with Gasteiger partial charge in [-0.2, -0.15) is 0 Å². The minimum atomic E-state index is -0.831. The number of aliphatic imine (C=N–C) groups is 1. The Morgan fingerprint density at radius 1 is 1.00 bits per heavy atom. The molecule has 2 heterocycles. The molecule has 1 atom stereocenters. The van der Waals surface area contributed by atoms with Gasteiger partial charge in [0.2, 0.25) is 11.9 Å². The van der Waals surface area contributed by atoms with Crippen LogP contribution in [0.3, 0.4) is 0 Å². The van der Waals surface area contributed by atoms with Gasteiger partial charge in [0.05, 0.1) is 18.2 Å². The largest absolute Gasteiger partial charge is 0.340 e. The van der Waals surface area contributed by atoms with Gasteiger partial charge in [0.25, 0.3) is 5.91 Å². The number of hydrogen-bond acceptors (Lipinski definition) is 5. The van der Waals surface area contributed by atoms with Crippen LogP contribution < -0.4 is 10.6 Å². The number of carbonyl (C=O) groups excluding carboxylic acids is 2. The predicted octanol–water partition coefficient (Wildman–Crippen LogP) is 3.72. The van der Waals surface area contributed by atoms with Crippen LogP contribution in [0.15, 0.2) is 83.9 Å². The van der Waals surface area contributed by atoms with Gasteiger partial charge in [0.15, 0.2) is 0 Å². The van der Waals surface area contributed by atoms with E-state index in [0.717, 1.165) is 18.7 Å². The van der Waals surface area contributed by atoms with Crippen molar-refractivity contribution in [2.45, 2.75) is 25.4 Å². The van der Waals surface area contributed by atoms with Crippen LogP contribution in [0.25, 0.3) is 0 Å². The minimum absolute atomic E-state index is 0.0979. The zero-order chi connectivity index (χ0) is 25.8. The average Bonchev–Trinajstić information content (AvgIpc) is 3.27. The van der Waals surface area contributed by atoms with Crippen LogP contribution in [0.2, 0.25) is 0 Å². The van der Waals surface area contributed by atoms with Crippen LogP contribution in [-0.4, -0.2) is 59.8 Å². The summed E-state index contributed by atoms with van der Waals surface area (Å²) >= 11 is 0. The first-order valence-corrected chi connectivity index (χ1v) is 12.5. The standard InChI is InChI=1S/C29H30FN5O2/c1-20-12-13-24(23(30)18-20)31-26(36)19-25-28(37)33-29(32-25)35-16-14-34(15-17-35)27(21-8-4-2-5-9-21)22-10-6-3-7-11-22/h2-13,18,25,27H,14-17,19H2,1H3,(H,31,36)(H,32,33,37).